The molecule has 0 saturated carbocycles. The monoisotopic (exact) mass is 447 g/mol. The molecule has 0 spiro atoms. The summed E-state index contributed by atoms with van der Waals surface area (Å²) in [6.07, 6.45) is 1.89. The quantitative estimate of drug-likeness (QED) is 0.712. The Morgan fingerprint density at radius 3 is 2.50 bits per heavy atom. The topological polar surface area (TPSA) is 44.8 Å². The fraction of sp³-hybridized carbons (Fsp3) is 0.261. The number of ether oxygens (including phenoxy) is 1. The molecule has 2 aliphatic heterocycles. The van der Waals surface area contributed by atoms with Gasteiger partial charge in [-0.15, -0.1) is 0 Å². The molecule has 0 aromatic heterocycles. The molecule has 168 valence electrons. The van der Waals surface area contributed by atoms with E-state index in [9.17, 15) is 22.4 Å². The van der Waals surface area contributed by atoms with Crippen LogP contribution in [0.15, 0.2) is 42.7 Å². The molecule has 2 aliphatic rings. The lowest BCUT2D eigenvalue weighted by atomic mass is 9.98. The second-order valence-electron chi connectivity index (χ2n) is 7.60. The maximum Gasteiger partial charge on any atom is 0.242 e. The van der Waals surface area contributed by atoms with Gasteiger partial charge in [-0.3, -0.25) is 4.79 Å². The van der Waals surface area contributed by atoms with Crippen molar-refractivity contribution in [2.75, 3.05) is 32.1 Å². The number of anilines is 1. The number of rotatable bonds is 4. The summed E-state index contributed by atoms with van der Waals surface area (Å²) in [5, 5.41) is 2.89. The number of carbonyl (C=O) groups is 1. The zero-order valence-corrected chi connectivity index (χ0v) is 17.4. The predicted molar refractivity (Wildman–Crippen MR) is 112 cm³/mol. The largest absolute Gasteiger partial charge is 0.497 e. The van der Waals surface area contributed by atoms with E-state index in [1.54, 1.807) is 6.08 Å². The van der Waals surface area contributed by atoms with E-state index in [0.717, 1.165) is 18.2 Å². The highest BCUT2D eigenvalue weighted by atomic mass is 19.2. The van der Waals surface area contributed by atoms with E-state index in [1.165, 1.54) is 23.0 Å². The Hall–Kier alpha value is -3.49. The summed E-state index contributed by atoms with van der Waals surface area (Å²) in [5.41, 5.74) is 0.881. The fourth-order valence-corrected chi connectivity index (χ4v) is 3.90. The van der Waals surface area contributed by atoms with Gasteiger partial charge in [0.05, 0.1) is 19.5 Å². The van der Waals surface area contributed by atoms with Gasteiger partial charge in [0.25, 0.3) is 0 Å². The van der Waals surface area contributed by atoms with Crippen molar-refractivity contribution in [2.45, 2.75) is 13.0 Å². The summed E-state index contributed by atoms with van der Waals surface area (Å²) in [7, 11) is 1.33. The van der Waals surface area contributed by atoms with Crippen molar-refractivity contribution < 1.29 is 27.1 Å². The Balaban J connectivity index is 1.44. The minimum absolute atomic E-state index is 0.00625. The average Bonchev–Trinajstić information content (AvgIpc) is 2.77. The molecule has 9 heteroatoms. The zero-order chi connectivity index (χ0) is 23.0. The Bertz CT molecular complexity index is 1110. The molecule has 2 aromatic rings. The highest BCUT2D eigenvalue weighted by Gasteiger charge is 2.27. The van der Waals surface area contributed by atoms with Crippen molar-refractivity contribution >= 4 is 17.2 Å². The molecule has 0 saturated heterocycles. The van der Waals surface area contributed by atoms with Crippen LogP contribution in [-0.2, 0) is 11.3 Å². The van der Waals surface area contributed by atoms with Gasteiger partial charge in [-0.2, -0.15) is 0 Å². The first-order chi connectivity index (χ1) is 15.3. The maximum atomic E-state index is 14.4. The lowest BCUT2D eigenvalue weighted by Crippen LogP contribution is -2.43. The van der Waals surface area contributed by atoms with Crippen LogP contribution in [0.4, 0.5) is 23.2 Å². The Kier molecular flexibility index (Phi) is 5.82. The third-order valence-corrected chi connectivity index (χ3v) is 5.67. The van der Waals surface area contributed by atoms with Gasteiger partial charge in [0.2, 0.25) is 5.91 Å². The summed E-state index contributed by atoms with van der Waals surface area (Å²) in [6.45, 7) is 4.18. The van der Waals surface area contributed by atoms with Crippen LogP contribution >= 0.6 is 0 Å². The predicted octanol–water partition coefficient (Wildman–Crippen LogP) is 4.27. The first kappa shape index (κ1) is 21.7. The minimum Gasteiger partial charge on any atom is -0.497 e. The van der Waals surface area contributed by atoms with Crippen LogP contribution in [0.1, 0.15) is 17.5 Å². The van der Waals surface area contributed by atoms with Gasteiger partial charge < -0.3 is 19.9 Å². The number of nitrogens with one attached hydrogen (secondary N) is 1. The summed E-state index contributed by atoms with van der Waals surface area (Å²) in [4.78, 5) is 15.8. The number of carbonyl (C=O) groups excluding carboxylic acids is 1. The van der Waals surface area contributed by atoms with Gasteiger partial charge in [0.1, 0.15) is 17.4 Å². The highest BCUT2D eigenvalue weighted by molar-refractivity contribution is 5.80. The number of fused-ring (bicyclic) bond motifs is 1. The molecule has 32 heavy (non-hydrogen) atoms. The molecule has 4 rings (SSSR count). The maximum absolute atomic E-state index is 14.4. The van der Waals surface area contributed by atoms with Gasteiger partial charge >= 0.3 is 0 Å². The van der Waals surface area contributed by atoms with Crippen molar-refractivity contribution in [3.05, 3.63) is 77.1 Å². The van der Waals surface area contributed by atoms with E-state index >= 15 is 0 Å². The summed E-state index contributed by atoms with van der Waals surface area (Å²) < 4.78 is 61.3. The van der Waals surface area contributed by atoms with E-state index in [0.29, 0.717) is 17.1 Å². The standard InChI is InChI=1S/C23H21F4N3O2/c1-13-28-20-4-3-17(24)23(27)16(20)11-30(13)12-21(31)29-7-5-14(6-8-29)22-18(25)9-15(32-2)10-19(22)26/h3-5,9-10,28H,1,6-8,11-12H2,2H3. The Morgan fingerprint density at radius 2 is 1.88 bits per heavy atom. The Labute approximate surface area is 182 Å². The van der Waals surface area contributed by atoms with Gasteiger partial charge in [-0.25, -0.2) is 17.6 Å². The second-order valence-corrected chi connectivity index (χ2v) is 7.60. The first-order valence-corrected chi connectivity index (χ1v) is 9.96. The van der Waals surface area contributed by atoms with E-state index in [1.807, 2.05) is 0 Å². The molecular formula is C23H21F4N3O2. The molecule has 0 aliphatic carbocycles. The number of hydrogen-bond acceptors (Lipinski definition) is 4. The number of methoxy groups -OCH3 is 1. The summed E-state index contributed by atoms with van der Waals surface area (Å²) in [5.74, 6) is -3.16. The van der Waals surface area contributed by atoms with Gasteiger partial charge in [-0.1, -0.05) is 12.7 Å². The van der Waals surface area contributed by atoms with Crippen molar-refractivity contribution in [3.8, 4) is 5.75 Å². The SMILES string of the molecule is C=C1Nc2ccc(F)c(F)c2CN1CC(=O)N1CC=C(c2c(F)cc(OC)cc2F)CC1. The van der Waals surface area contributed by atoms with Crippen LogP contribution in [0.3, 0.4) is 0 Å². The lowest BCUT2D eigenvalue weighted by Gasteiger charge is -2.35. The highest BCUT2D eigenvalue weighted by Crippen LogP contribution is 2.32. The van der Waals surface area contributed by atoms with Crippen LogP contribution in [0.2, 0.25) is 0 Å². The molecule has 2 heterocycles. The van der Waals surface area contributed by atoms with E-state index in [-0.39, 0.29) is 55.4 Å². The third kappa shape index (κ3) is 4.02. The van der Waals surface area contributed by atoms with Crippen LogP contribution in [0.25, 0.3) is 5.57 Å². The number of nitrogens with zero attached hydrogens (tertiary/aromatic N) is 2. The van der Waals surface area contributed by atoms with Crippen LogP contribution in [0.5, 0.6) is 5.75 Å². The summed E-state index contributed by atoms with van der Waals surface area (Å²) >= 11 is 0. The van der Waals surface area contributed by atoms with Crippen LogP contribution in [0, 0.1) is 23.3 Å². The van der Waals surface area contributed by atoms with E-state index in [4.69, 9.17) is 4.74 Å². The molecule has 0 radical (unpaired) electrons. The Morgan fingerprint density at radius 1 is 1.16 bits per heavy atom. The first-order valence-electron chi connectivity index (χ1n) is 9.96. The van der Waals surface area contributed by atoms with Gasteiger partial charge in [0, 0.05) is 48.6 Å². The molecule has 1 amide bonds. The van der Waals surface area contributed by atoms with Crippen molar-refractivity contribution in [3.63, 3.8) is 0 Å². The number of hydrogen-bond donors (Lipinski definition) is 1. The van der Waals surface area contributed by atoms with E-state index in [2.05, 4.69) is 11.9 Å². The molecule has 0 fully saturated rings. The molecule has 0 unspecified atom stereocenters. The van der Waals surface area contributed by atoms with Gasteiger partial charge in [-0.05, 0) is 24.1 Å². The minimum atomic E-state index is -0.964. The normalized spacial score (nSPS) is 15.8. The van der Waals surface area contributed by atoms with Crippen molar-refractivity contribution in [2.24, 2.45) is 0 Å². The lowest BCUT2D eigenvalue weighted by molar-refractivity contribution is -0.131. The fourth-order valence-electron chi connectivity index (χ4n) is 3.90. The molecule has 2 aromatic carbocycles. The number of amides is 1. The van der Waals surface area contributed by atoms with E-state index < -0.39 is 23.3 Å². The average molecular weight is 447 g/mol. The third-order valence-electron chi connectivity index (χ3n) is 5.67. The smallest absolute Gasteiger partial charge is 0.242 e. The zero-order valence-electron chi connectivity index (χ0n) is 17.4. The molecule has 1 N–H and O–H groups in total. The van der Waals surface area contributed by atoms with Crippen LogP contribution in [-0.4, -0.2) is 42.5 Å². The van der Waals surface area contributed by atoms with Crippen LogP contribution < -0.4 is 10.1 Å². The molecular weight excluding hydrogens is 426 g/mol. The summed E-state index contributed by atoms with van der Waals surface area (Å²) in [6, 6.07) is 4.69. The van der Waals surface area contributed by atoms with Crippen molar-refractivity contribution in [1.29, 1.82) is 0 Å². The molecule has 5 nitrogen and oxygen atoms in total. The molecule has 0 atom stereocenters. The van der Waals surface area contributed by atoms with Crippen molar-refractivity contribution in [1.82, 2.24) is 9.80 Å². The molecule has 0 bridgehead atoms. The van der Waals surface area contributed by atoms with Gasteiger partial charge in [0.15, 0.2) is 11.6 Å². The number of benzene rings is 2. The second kappa shape index (κ2) is 8.57. The number of halogens is 4.